The van der Waals surface area contributed by atoms with Gasteiger partial charge < -0.3 is 14.2 Å². The molecule has 0 N–H and O–H groups in total. The van der Waals surface area contributed by atoms with Crippen molar-refractivity contribution in [1.82, 2.24) is 0 Å². The Labute approximate surface area is 449 Å². The average molecular weight is 1010 g/mol. The molecule has 0 heterocycles. The van der Waals surface area contributed by atoms with Gasteiger partial charge in [-0.3, -0.25) is 14.4 Å². The molecule has 0 amide bonds. The van der Waals surface area contributed by atoms with Crippen LogP contribution in [0, 0.1) is 0 Å². The predicted octanol–water partition coefficient (Wildman–Crippen LogP) is 21.8. The number of rotatable bonds is 60. The van der Waals surface area contributed by atoms with Crippen molar-refractivity contribution in [2.75, 3.05) is 13.2 Å². The van der Waals surface area contributed by atoms with Crippen LogP contribution in [-0.2, 0) is 28.6 Å². The largest absolute Gasteiger partial charge is 0.462 e. The van der Waals surface area contributed by atoms with Gasteiger partial charge in [-0.15, -0.1) is 0 Å². The molecule has 0 aromatic heterocycles. The summed E-state index contributed by atoms with van der Waals surface area (Å²) in [5, 5.41) is 0. The maximum absolute atomic E-state index is 12.8. The highest BCUT2D eigenvalue weighted by Gasteiger charge is 2.19. The van der Waals surface area contributed by atoms with E-state index in [1.807, 2.05) is 0 Å². The maximum Gasteiger partial charge on any atom is 0.306 e. The summed E-state index contributed by atoms with van der Waals surface area (Å²) in [4.78, 5) is 38.0. The minimum absolute atomic E-state index is 0.0694. The van der Waals surface area contributed by atoms with Crippen LogP contribution in [0.15, 0.2) is 24.3 Å². The third-order valence-electron chi connectivity index (χ3n) is 14.7. The van der Waals surface area contributed by atoms with Crippen molar-refractivity contribution in [1.29, 1.82) is 0 Å². The molecule has 6 nitrogen and oxygen atoms in total. The maximum atomic E-state index is 12.8. The van der Waals surface area contributed by atoms with Crippen LogP contribution in [0.25, 0.3) is 0 Å². The Kier molecular flexibility index (Phi) is 59.6. The van der Waals surface area contributed by atoms with Gasteiger partial charge in [0.05, 0.1) is 0 Å². The third kappa shape index (κ3) is 58.8. The molecule has 0 aliphatic carbocycles. The zero-order valence-corrected chi connectivity index (χ0v) is 48.7. The van der Waals surface area contributed by atoms with Gasteiger partial charge in [-0.2, -0.15) is 0 Å². The van der Waals surface area contributed by atoms with Gasteiger partial charge in [0, 0.05) is 19.3 Å². The lowest BCUT2D eigenvalue weighted by molar-refractivity contribution is -0.167. The molecular weight excluding hydrogens is 889 g/mol. The van der Waals surface area contributed by atoms with Gasteiger partial charge in [-0.25, -0.2) is 0 Å². The molecule has 0 saturated heterocycles. The molecule has 0 aromatic rings. The summed E-state index contributed by atoms with van der Waals surface area (Å²) in [5.74, 6) is -0.861. The van der Waals surface area contributed by atoms with Crippen molar-refractivity contribution >= 4 is 17.9 Å². The van der Waals surface area contributed by atoms with Crippen LogP contribution in [0.3, 0.4) is 0 Å². The number of hydrogen-bond donors (Lipinski definition) is 0. The number of unbranched alkanes of at least 4 members (excludes halogenated alkanes) is 45. The molecule has 72 heavy (non-hydrogen) atoms. The first-order valence-corrected chi connectivity index (χ1v) is 32.3. The van der Waals surface area contributed by atoms with E-state index in [0.29, 0.717) is 19.3 Å². The Hall–Kier alpha value is -2.11. The fraction of sp³-hybridized carbons (Fsp3) is 0.894. The van der Waals surface area contributed by atoms with Gasteiger partial charge in [0.2, 0.25) is 0 Å². The van der Waals surface area contributed by atoms with Gasteiger partial charge in [-0.05, 0) is 70.6 Å². The minimum atomic E-state index is -0.770. The predicted molar refractivity (Wildman–Crippen MR) is 312 cm³/mol. The van der Waals surface area contributed by atoms with Crippen LogP contribution in [0.5, 0.6) is 0 Å². The molecule has 0 saturated carbocycles. The second-order valence-corrected chi connectivity index (χ2v) is 22.0. The zero-order chi connectivity index (χ0) is 52.2. The Balaban J connectivity index is 4.00. The quantitative estimate of drug-likeness (QED) is 0.0261. The minimum Gasteiger partial charge on any atom is -0.462 e. The fourth-order valence-corrected chi connectivity index (χ4v) is 9.79. The highest BCUT2D eigenvalue weighted by atomic mass is 16.6. The van der Waals surface area contributed by atoms with Crippen LogP contribution in [0.1, 0.15) is 361 Å². The standard InChI is InChI=1S/C66H124O6/c1-4-7-10-13-16-19-21-23-25-26-27-28-29-30-31-32-33-34-35-36-37-38-39-40-42-43-45-47-50-53-56-59-65(68)71-62-63(61-70-64(67)58-55-52-49-18-15-12-9-6-3)72-66(69)60-57-54-51-48-46-44-41-24-22-20-17-14-11-8-5-2/h24,26-27,41,63H,4-23,25,28-40,42-62H2,1-3H3/b27-26-,41-24-. The van der Waals surface area contributed by atoms with Gasteiger partial charge in [-0.1, -0.05) is 295 Å². The third-order valence-corrected chi connectivity index (χ3v) is 14.7. The Morgan fingerprint density at radius 1 is 0.264 bits per heavy atom. The molecule has 424 valence electrons. The number of hydrogen-bond acceptors (Lipinski definition) is 6. The van der Waals surface area contributed by atoms with Crippen molar-refractivity contribution in [3.8, 4) is 0 Å². The van der Waals surface area contributed by atoms with E-state index in [2.05, 4.69) is 45.1 Å². The Morgan fingerprint density at radius 3 is 0.694 bits per heavy atom. The van der Waals surface area contributed by atoms with Gasteiger partial charge in [0.15, 0.2) is 6.10 Å². The number of ether oxygens (including phenoxy) is 3. The van der Waals surface area contributed by atoms with Crippen LogP contribution in [-0.4, -0.2) is 37.2 Å². The number of carbonyl (C=O) groups excluding carboxylic acids is 3. The smallest absolute Gasteiger partial charge is 0.306 e. The lowest BCUT2D eigenvalue weighted by Crippen LogP contribution is -2.30. The van der Waals surface area contributed by atoms with Gasteiger partial charge >= 0.3 is 17.9 Å². The van der Waals surface area contributed by atoms with E-state index >= 15 is 0 Å². The highest BCUT2D eigenvalue weighted by Crippen LogP contribution is 2.18. The lowest BCUT2D eigenvalue weighted by Gasteiger charge is -2.18. The average Bonchev–Trinajstić information content (AvgIpc) is 3.38. The number of esters is 3. The monoisotopic (exact) mass is 1010 g/mol. The van der Waals surface area contributed by atoms with Crippen molar-refractivity contribution in [3.63, 3.8) is 0 Å². The van der Waals surface area contributed by atoms with Crippen LogP contribution >= 0.6 is 0 Å². The van der Waals surface area contributed by atoms with Crippen LogP contribution in [0.2, 0.25) is 0 Å². The van der Waals surface area contributed by atoms with Crippen molar-refractivity contribution < 1.29 is 28.6 Å². The summed E-state index contributed by atoms with van der Waals surface area (Å²) in [6.45, 7) is 6.65. The van der Waals surface area contributed by atoms with Crippen molar-refractivity contribution in [2.24, 2.45) is 0 Å². The first-order chi connectivity index (χ1) is 35.5. The SMILES string of the molecule is CCCCCCCC/C=C\CCCCCCCC(=O)OC(COC(=O)CCCCCCCCCC)COC(=O)CCCCCCCCCCCCCCCCCCCCC/C=C\CCCCCCCCCC. The molecular formula is C66H124O6. The summed E-state index contributed by atoms with van der Waals surface area (Å²) >= 11 is 0. The normalized spacial score (nSPS) is 12.1. The first-order valence-electron chi connectivity index (χ1n) is 32.3. The van der Waals surface area contributed by atoms with Crippen LogP contribution in [0.4, 0.5) is 0 Å². The Bertz CT molecular complexity index is 1160. The molecule has 0 aliphatic rings. The topological polar surface area (TPSA) is 78.9 Å². The van der Waals surface area contributed by atoms with E-state index < -0.39 is 6.10 Å². The van der Waals surface area contributed by atoms with Gasteiger partial charge in [0.25, 0.3) is 0 Å². The van der Waals surface area contributed by atoms with Crippen molar-refractivity contribution in [2.45, 2.75) is 367 Å². The summed E-state index contributed by atoms with van der Waals surface area (Å²) in [6.07, 6.45) is 73.7. The lowest BCUT2D eigenvalue weighted by atomic mass is 10.0. The molecule has 6 heteroatoms. The summed E-state index contributed by atoms with van der Waals surface area (Å²) in [6, 6.07) is 0. The Morgan fingerprint density at radius 2 is 0.458 bits per heavy atom. The summed E-state index contributed by atoms with van der Waals surface area (Å²) in [7, 11) is 0. The van der Waals surface area contributed by atoms with E-state index in [9.17, 15) is 14.4 Å². The zero-order valence-electron chi connectivity index (χ0n) is 48.7. The van der Waals surface area contributed by atoms with E-state index in [0.717, 1.165) is 64.2 Å². The summed E-state index contributed by atoms with van der Waals surface area (Å²) in [5.41, 5.74) is 0. The van der Waals surface area contributed by atoms with Gasteiger partial charge in [0.1, 0.15) is 13.2 Å². The van der Waals surface area contributed by atoms with E-state index in [1.54, 1.807) is 0 Å². The second kappa shape index (κ2) is 61.4. The molecule has 1 atom stereocenters. The highest BCUT2D eigenvalue weighted by molar-refractivity contribution is 5.71. The first kappa shape index (κ1) is 69.9. The fourth-order valence-electron chi connectivity index (χ4n) is 9.79. The molecule has 0 aliphatic heterocycles. The molecule has 0 rings (SSSR count). The number of carbonyl (C=O) groups is 3. The molecule has 0 bridgehead atoms. The van der Waals surface area contributed by atoms with E-state index in [-0.39, 0.29) is 31.1 Å². The van der Waals surface area contributed by atoms with Crippen molar-refractivity contribution in [3.05, 3.63) is 24.3 Å². The molecule has 0 radical (unpaired) electrons. The summed E-state index contributed by atoms with van der Waals surface area (Å²) < 4.78 is 16.8. The molecule has 0 spiro atoms. The number of allylic oxidation sites excluding steroid dienone is 4. The molecule has 1 unspecified atom stereocenters. The van der Waals surface area contributed by atoms with E-state index in [1.165, 1.54) is 257 Å². The van der Waals surface area contributed by atoms with Crippen LogP contribution < -0.4 is 0 Å². The van der Waals surface area contributed by atoms with E-state index in [4.69, 9.17) is 14.2 Å². The second-order valence-electron chi connectivity index (χ2n) is 22.0. The molecule has 0 aromatic carbocycles. The molecule has 0 fully saturated rings.